The molecule has 8 amide bonds. The van der Waals surface area contributed by atoms with Gasteiger partial charge in [0.1, 0.15) is 12.1 Å². The third-order valence-corrected chi connectivity index (χ3v) is 17.4. The third-order valence-electron chi connectivity index (χ3n) is 17.4. The van der Waals surface area contributed by atoms with Crippen LogP contribution in [-0.4, -0.2) is 252 Å². The average molecular weight is 1500 g/mol. The van der Waals surface area contributed by atoms with Crippen LogP contribution in [0.5, 0.6) is 34.5 Å². The zero-order chi connectivity index (χ0) is 76.6. The SMILES string of the molecule is CC/C(=C\N1CC=Nc2cc(OCCCOc3cc4c(cc3OC)C(=O)N3C=C(c5ccc6c(c5)OCO6)C[C@H]3C=N4)c(OC)cc2C1=O)c1ccc(NC(=O)[C@H](C)NC(=O)C(NC(=O)CCOCCOCCOCCOCCOCCOCCOCCOCCNC(=O)CCN2C(=O)C=CC2=O)C(C)C)cc1. The van der Waals surface area contributed by atoms with Crippen molar-refractivity contribution >= 4 is 87.9 Å². The molecule has 31 nitrogen and oxygen atoms in total. The van der Waals surface area contributed by atoms with Crippen LogP contribution in [0.15, 0.2) is 101 Å². The van der Waals surface area contributed by atoms with Gasteiger partial charge < -0.3 is 97.4 Å². The molecule has 0 saturated carbocycles. The van der Waals surface area contributed by atoms with Crippen LogP contribution >= 0.6 is 0 Å². The molecule has 0 saturated heterocycles. The van der Waals surface area contributed by atoms with E-state index in [1.807, 2.05) is 43.5 Å². The van der Waals surface area contributed by atoms with E-state index in [0.717, 1.165) is 27.2 Å². The van der Waals surface area contributed by atoms with E-state index in [9.17, 15) is 38.4 Å². The normalized spacial score (nSPS) is 15.5. The lowest BCUT2D eigenvalue weighted by molar-refractivity contribution is -0.137. The van der Waals surface area contributed by atoms with Crippen molar-refractivity contribution in [3.8, 4) is 34.5 Å². The molecule has 0 aromatic heterocycles. The fraction of sp³-hybridized carbons (Fsp3) is 0.481. The van der Waals surface area contributed by atoms with E-state index >= 15 is 0 Å². The lowest BCUT2D eigenvalue weighted by Gasteiger charge is -2.24. The number of allylic oxidation sites excluding steroid dienone is 1. The zero-order valence-electron chi connectivity index (χ0n) is 61.9. The van der Waals surface area contributed by atoms with E-state index in [2.05, 4.69) is 26.3 Å². The molecule has 0 spiro atoms. The second-order valence-electron chi connectivity index (χ2n) is 25.3. The molecule has 3 atom stereocenters. The summed E-state index contributed by atoms with van der Waals surface area (Å²) >= 11 is 0. The number of carbonyl (C=O) groups is 8. The monoisotopic (exact) mass is 1500 g/mol. The highest BCUT2D eigenvalue weighted by Crippen LogP contribution is 2.42. The van der Waals surface area contributed by atoms with Gasteiger partial charge in [-0.05, 0) is 77.9 Å². The Morgan fingerprint density at radius 2 is 1.15 bits per heavy atom. The second kappa shape index (κ2) is 43.0. The highest BCUT2D eigenvalue weighted by Gasteiger charge is 2.35. The van der Waals surface area contributed by atoms with Gasteiger partial charge in [-0.2, -0.15) is 0 Å². The Morgan fingerprint density at radius 1 is 0.593 bits per heavy atom. The minimum atomic E-state index is -0.951. The van der Waals surface area contributed by atoms with Crippen molar-refractivity contribution in [1.29, 1.82) is 0 Å². The summed E-state index contributed by atoms with van der Waals surface area (Å²) in [5, 5.41) is 11.0. The molecule has 9 rings (SSSR count). The number of hydrogen-bond donors (Lipinski definition) is 4. The summed E-state index contributed by atoms with van der Waals surface area (Å²) in [5.41, 5.74) is 5.65. The molecule has 4 N–H and O–H groups in total. The molecule has 1 unspecified atom stereocenters. The van der Waals surface area contributed by atoms with Crippen LogP contribution in [0.1, 0.15) is 91.6 Å². The summed E-state index contributed by atoms with van der Waals surface area (Å²) in [4.78, 5) is 117. The summed E-state index contributed by atoms with van der Waals surface area (Å²) in [7, 11) is 3.01. The van der Waals surface area contributed by atoms with Crippen molar-refractivity contribution in [2.45, 2.75) is 77.9 Å². The molecule has 0 bridgehead atoms. The Labute approximate surface area is 627 Å². The number of fused-ring (bicyclic) bond motifs is 4. The molecule has 4 aromatic carbocycles. The van der Waals surface area contributed by atoms with Crippen LogP contribution in [0.2, 0.25) is 0 Å². The fourth-order valence-electron chi connectivity index (χ4n) is 11.5. The predicted octanol–water partition coefficient (Wildman–Crippen LogP) is 6.40. The predicted molar refractivity (Wildman–Crippen MR) is 396 cm³/mol. The van der Waals surface area contributed by atoms with Crippen molar-refractivity contribution in [2.24, 2.45) is 15.9 Å². The van der Waals surface area contributed by atoms with E-state index in [-0.39, 0.29) is 94.7 Å². The summed E-state index contributed by atoms with van der Waals surface area (Å²) in [5.74, 6) is -0.358. The zero-order valence-corrected chi connectivity index (χ0v) is 61.9. The molecule has 5 heterocycles. The van der Waals surface area contributed by atoms with Gasteiger partial charge in [0.05, 0.1) is 168 Å². The lowest BCUT2D eigenvalue weighted by atomic mass is 10.0. The molecule has 0 aliphatic carbocycles. The molecular formula is C77H97N9O22. The lowest BCUT2D eigenvalue weighted by Crippen LogP contribution is -2.53. The van der Waals surface area contributed by atoms with Gasteiger partial charge in [-0.25, -0.2) is 0 Å². The molecule has 31 heteroatoms. The van der Waals surface area contributed by atoms with Crippen molar-refractivity contribution in [3.05, 3.63) is 114 Å². The van der Waals surface area contributed by atoms with E-state index in [1.54, 1.807) is 85.6 Å². The number of aliphatic imine (C=N–C) groups is 2. The van der Waals surface area contributed by atoms with E-state index < -0.39 is 35.7 Å². The number of imide groups is 1. The first-order valence-corrected chi connectivity index (χ1v) is 36.2. The minimum absolute atomic E-state index is 0.00850. The van der Waals surface area contributed by atoms with Gasteiger partial charge >= 0.3 is 0 Å². The molecule has 5 aliphatic rings. The van der Waals surface area contributed by atoms with E-state index in [0.29, 0.717) is 181 Å². The quantitative estimate of drug-likeness (QED) is 0.0274. The minimum Gasteiger partial charge on any atom is -0.493 e. The first-order valence-electron chi connectivity index (χ1n) is 36.2. The summed E-state index contributed by atoms with van der Waals surface area (Å²) < 4.78 is 78.9. The molecular weight excluding hydrogens is 1400 g/mol. The van der Waals surface area contributed by atoms with Gasteiger partial charge in [0.2, 0.25) is 30.4 Å². The number of carbonyl (C=O) groups excluding carboxylic acids is 8. The summed E-state index contributed by atoms with van der Waals surface area (Å²) in [6.45, 7) is 13.9. The van der Waals surface area contributed by atoms with Crippen molar-refractivity contribution in [2.75, 3.05) is 165 Å². The number of rotatable bonds is 48. The maximum Gasteiger partial charge on any atom is 0.260 e. The number of methoxy groups -OCH3 is 2. The van der Waals surface area contributed by atoms with Gasteiger partial charge in [-0.3, -0.25) is 53.2 Å². The number of nitrogens with zero attached hydrogens (tertiary/aromatic N) is 5. The maximum absolute atomic E-state index is 14.2. The average Bonchev–Trinajstić information content (AvgIpc) is 1.60. The van der Waals surface area contributed by atoms with Crippen molar-refractivity contribution in [3.63, 3.8) is 0 Å². The Morgan fingerprint density at radius 3 is 1.72 bits per heavy atom. The number of anilines is 1. The number of ether oxygens (including phenoxy) is 14. The molecule has 108 heavy (non-hydrogen) atoms. The smallest absolute Gasteiger partial charge is 0.260 e. The maximum atomic E-state index is 14.2. The van der Waals surface area contributed by atoms with Crippen molar-refractivity contribution < 1.29 is 105 Å². The molecule has 0 fully saturated rings. The first kappa shape index (κ1) is 81.9. The highest BCUT2D eigenvalue weighted by atomic mass is 16.7. The number of nitrogens with one attached hydrogen (secondary N) is 4. The van der Waals surface area contributed by atoms with Gasteiger partial charge in [0.15, 0.2) is 34.5 Å². The van der Waals surface area contributed by atoms with Crippen LogP contribution in [0.3, 0.4) is 0 Å². The Kier molecular flexibility index (Phi) is 32.6. The Bertz CT molecular complexity index is 3880. The Hall–Kier alpha value is -10.1. The summed E-state index contributed by atoms with van der Waals surface area (Å²) in [6, 6.07) is 17.4. The topological polar surface area (TPSA) is 348 Å². The van der Waals surface area contributed by atoms with Crippen molar-refractivity contribution in [1.82, 2.24) is 30.7 Å². The first-order chi connectivity index (χ1) is 52.5. The van der Waals surface area contributed by atoms with Crippen LogP contribution in [0.25, 0.3) is 11.1 Å². The number of benzene rings is 4. The van der Waals surface area contributed by atoms with Gasteiger partial charge in [0, 0.05) is 93.6 Å². The highest BCUT2D eigenvalue weighted by molar-refractivity contribution is 6.13. The van der Waals surface area contributed by atoms with Crippen LogP contribution in [-0.2, 0) is 66.7 Å². The standard InChI is InChI=1S/C77H97N9O22/c1-7-53(48-84-22-19-78-61-45-67(64(95-5)43-59(61)76(84)93)105-23-8-24-106-68-46-62-60(44-65(68)96-6)77(94)86-49-56(41-58(86)47-80-62)55-11-14-63-66(42-55)108-50-107-63)54-9-12-57(13-10-54)82-74(91)52(4)81-75(92)73(51(2)3)83-70(88)18-25-97-27-29-99-31-33-101-35-37-103-39-40-104-38-36-102-34-32-100-30-28-98-26-20-79-69(87)17-21-85-71(89)15-16-72(85)90/h9-16,19,42-49,51-52,58,73H,7-8,17-18,20-41,50H2,1-6H3,(H,79,87)(H,81,92)(H,82,91)(H,83,88)/b53-48+/t52-,58-,73?/m0/s1. The van der Waals surface area contributed by atoms with Gasteiger partial charge in [-0.15, -0.1) is 0 Å². The number of amides is 8. The van der Waals surface area contributed by atoms with Gasteiger partial charge in [-0.1, -0.05) is 39.0 Å². The van der Waals surface area contributed by atoms with Crippen LogP contribution in [0, 0.1) is 5.92 Å². The van der Waals surface area contributed by atoms with Gasteiger partial charge in [0.25, 0.3) is 23.6 Å². The van der Waals surface area contributed by atoms with Crippen LogP contribution in [0.4, 0.5) is 17.1 Å². The molecule has 5 aliphatic heterocycles. The molecule has 4 aromatic rings. The van der Waals surface area contributed by atoms with E-state index in [1.165, 1.54) is 26.4 Å². The van der Waals surface area contributed by atoms with Crippen LogP contribution < -0.4 is 49.7 Å². The number of hydrogen-bond acceptors (Lipinski definition) is 24. The second-order valence-corrected chi connectivity index (χ2v) is 25.3. The van der Waals surface area contributed by atoms with E-state index in [4.69, 9.17) is 71.3 Å². The largest absolute Gasteiger partial charge is 0.493 e. The molecule has 582 valence electrons. The molecule has 0 radical (unpaired) electrons. The third kappa shape index (κ3) is 24.5. The fourth-order valence-corrected chi connectivity index (χ4v) is 11.5. The Balaban J connectivity index is 0.588. The summed E-state index contributed by atoms with van der Waals surface area (Å²) in [6.07, 6.45) is 11.1.